The Bertz CT molecular complexity index is 1590. The third-order valence-electron chi connectivity index (χ3n) is 5.01. The fourth-order valence-corrected chi connectivity index (χ4v) is 4.15. The van der Waals surface area contributed by atoms with Crippen molar-refractivity contribution in [2.45, 2.75) is 20.3 Å². The number of aromatic nitrogens is 3. The maximum Gasteiger partial charge on any atom is 0.265 e. The molecular formula is C26H18Cl3FN4O2. The average Bonchev–Trinajstić information content (AvgIpc) is 3.48. The van der Waals surface area contributed by atoms with E-state index in [1.807, 2.05) is 44.2 Å². The summed E-state index contributed by atoms with van der Waals surface area (Å²) in [4.78, 5) is 3.15. The topological polar surface area (TPSA) is 87.7 Å². The van der Waals surface area contributed by atoms with Crippen molar-refractivity contribution in [1.82, 2.24) is 15.2 Å². The van der Waals surface area contributed by atoms with Gasteiger partial charge in [0.1, 0.15) is 11.4 Å². The smallest absolute Gasteiger partial charge is 0.265 e. The van der Waals surface area contributed by atoms with Gasteiger partial charge in [-0.25, -0.2) is 4.39 Å². The van der Waals surface area contributed by atoms with Crippen molar-refractivity contribution in [3.63, 3.8) is 0 Å². The molecule has 10 heteroatoms. The van der Waals surface area contributed by atoms with E-state index in [0.29, 0.717) is 10.7 Å². The molecule has 0 saturated heterocycles. The number of halogens is 4. The second-order valence-electron chi connectivity index (χ2n) is 7.28. The largest absolute Gasteiger partial charge is 0.453 e. The van der Waals surface area contributed by atoms with Gasteiger partial charge in [-0.2, -0.15) is 5.26 Å². The molecule has 0 spiro atoms. The maximum atomic E-state index is 15.3. The second-order valence-corrected chi connectivity index (χ2v) is 8.50. The second kappa shape index (κ2) is 11.0. The van der Waals surface area contributed by atoms with Gasteiger partial charge in [0.05, 0.1) is 28.1 Å². The maximum absolute atomic E-state index is 15.3. The van der Waals surface area contributed by atoms with Gasteiger partial charge in [-0.1, -0.05) is 72.9 Å². The third kappa shape index (κ3) is 5.17. The van der Waals surface area contributed by atoms with E-state index in [-0.39, 0.29) is 50.9 Å². The first-order valence-electron chi connectivity index (χ1n) is 10.9. The molecule has 0 bridgehead atoms. The van der Waals surface area contributed by atoms with Crippen molar-refractivity contribution in [2.75, 3.05) is 0 Å². The first-order valence-corrected chi connectivity index (χ1v) is 12.0. The zero-order chi connectivity index (χ0) is 25.8. The Labute approximate surface area is 221 Å². The summed E-state index contributed by atoms with van der Waals surface area (Å²) in [5.41, 5.74) is 1.80. The zero-order valence-electron chi connectivity index (χ0n) is 19.1. The lowest BCUT2D eigenvalue weighted by Gasteiger charge is -2.11. The van der Waals surface area contributed by atoms with Crippen LogP contribution >= 0.6 is 34.8 Å². The van der Waals surface area contributed by atoms with E-state index in [4.69, 9.17) is 49.2 Å². The molecule has 0 saturated carbocycles. The summed E-state index contributed by atoms with van der Waals surface area (Å²) < 4.78 is 26.7. The first kappa shape index (κ1) is 25.5. The fourth-order valence-electron chi connectivity index (χ4n) is 3.45. The molecule has 5 aromatic rings. The van der Waals surface area contributed by atoms with Gasteiger partial charge in [-0.05, 0) is 30.3 Å². The number of rotatable bonds is 5. The fraction of sp³-hybridized carbons (Fsp3) is 0.115. The van der Waals surface area contributed by atoms with Crippen LogP contribution in [0, 0.1) is 17.1 Å². The van der Waals surface area contributed by atoms with Gasteiger partial charge in [-0.3, -0.25) is 0 Å². The number of aromatic amines is 1. The molecule has 0 aliphatic heterocycles. The van der Waals surface area contributed by atoms with E-state index in [9.17, 15) is 0 Å². The summed E-state index contributed by atoms with van der Waals surface area (Å²) in [7, 11) is 0. The van der Waals surface area contributed by atoms with Crippen LogP contribution in [0.25, 0.3) is 22.5 Å². The standard InChI is InChI=1S/C24H12Cl3FN4O2.C2H6/c25-14-7-12(11-29)8-15(10-14)33-23-17(26)6-5-13(21(23)28)9-19-31-32-24(34-19)22-20(27)16-3-1-2-4-18(16)30-22;1-2/h1-8,10,30H,9H2;1-2H3. The van der Waals surface area contributed by atoms with Crippen molar-refractivity contribution >= 4 is 45.7 Å². The molecule has 0 atom stereocenters. The number of hydrogen-bond acceptors (Lipinski definition) is 5. The van der Waals surface area contributed by atoms with Crippen LogP contribution in [0.2, 0.25) is 15.1 Å². The predicted octanol–water partition coefficient (Wildman–Crippen LogP) is 8.60. The molecule has 0 aliphatic carbocycles. The van der Waals surface area contributed by atoms with Crippen LogP contribution in [-0.2, 0) is 6.42 Å². The van der Waals surface area contributed by atoms with E-state index < -0.39 is 5.82 Å². The van der Waals surface area contributed by atoms with Crippen molar-refractivity contribution < 1.29 is 13.5 Å². The molecule has 2 aromatic heterocycles. The van der Waals surface area contributed by atoms with Crippen molar-refractivity contribution in [3.8, 4) is 29.2 Å². The van der Waals surface area contributed by atoms with Crippen LogP contribution in [0.4, 0.5) is 4.39 Å². The molecule has 0 fully saturated rings. The van der Waals surface area contributed by atoms with E-state index in [1.165, 1.54) is 30.3 Å². The molecule has 1 N–H and O–H groups in total. The Balaban J connectivity index is 0.00000148. The highest BCUT2D eigenvalue weighted by Crippen LogP contribution is 2.37. The average molecular weight is 544 g/mol. The molecule has 182 valence electrons. The molecule has 6 nitrogen and oxygen atoms in total. The third-order valence-corrected chi connectivity index (χ3v) is 5.92. The number of ether oxygens (including phenoxy) is 1. The predicted molar refractivity (Wildman–Crippen MR) is 138 cm³/mol. The Morgan fingerprint density at radius 2 is 1.83 bits per heavy atom. The summed E-state index contributed by atoms with van der Waals surface area (Å²) in [5.74, 6) is -0.370. The molecule has 36 heavy (non-hydrogen) atoms. The molecule has 0 aliphatic rings. The summed E-state index contributed by atoms with van der Waals surface area (Å²) in [5, 5.41) is 18.8. The van der Waals surface area contributed by atoms with Gasteiger partial charge in [0, 0.05) is 21.5 Å². The van der Waals surface area contributed by atoms with Crippen LogP contribution in [0.15, 0.2) is 59.0 Å². The number of para-hydroxylation sites is 1. The lowest BCUT2D eigenvalue weighted by molar-refractivity contribution is 0.437. The van der Waals surface area contributed by atoms with E-state index in [0.717, 1.165) is 10.9 Å². The van der Waals surface area contributed by atoms with Crippen molar-refractivity contribution in [2.24, 2.45) is 0 Å². The Morgan fingerprint density at radius 1 is 1.06 bits per heavy atom. The highest BCUT2D eigenvalue weighted by atomic mass is 35.5. The molecule has 0 radical (unpaired) electrons. The highest BCUT2D eigenvalue weighted by Gasteiger charge is 2.20. The van der Waals surface area contributed by atoms with Gasteiger partial charge >= 0.3 is 0 Å². The van der Waals surface area contributed by atoms with Crippen LogP contribution in [0.5, 0.6) is 11.5 Å². The summed E-state index contributed by atoms with van der Waals surface area (Å²) in [6.07, 6.45) is -0.0107. The quantitative estimate of drug-likeness (QED) is 0.240. The SMILES string of the molecule is CC.N#Cc1cc(Cl)cc(Oc2c(Cl)ccc(Cc3nnc(-c4[nH]c5ccccc5c4Cl)o3)c2F)c1. The first-order chi connectivity index (χ1) is 17.4. The molecule has 0 unspecified atom stereocenters. The zero-order valence-corrected chi connectivity index (χ0v) is 21.3. The number of nitrogens with zero attached hydrogens (tertiary/aromatic N) is 3. The molecule has 0 amide bonds. The number of H-pyrrole nitrogens is 1. The van der Waals surface area contributed by atoms with Crippen molar-refractivity contribution in [3.05, 3.63) is 92.5 Å². The minimum Gasteiger partial charge on any atom is -0.453 e. The monoisotopic (exact) mass is 542 g/mol. The lowest BCUT2D eigenvalue weighted by Crippen LogP contribution is -1.98. The minimum absolute atomic E-state index is 0.0107. The Kier molecular flexibility index (Phi) is 7.80. The van der Waals surface area contributed by atoms with Crippen LogP contribution in [-0.4, -0.2) is 15.2 Å². The summed E-state index contributed by atoms with van der Waals surface area (Å²) in [6.45, 7) is 4.00. The molecule has 3 aromatic carbocycles. The highest BCUT2D eigenvalue weighted by molar-refractivity contribution is 6.38. The Hall–Kier alpha value is -3.57. The van der Waals surface area contributed by atoms with E-state index in [1.54, 1.807) is 0 Å². The van der Waals surface area contributed by atoms with Gasteiger partial charge in [0.25, 0.3) is 5.89 Å². The van der Waals surface area contributed by atoms with E-state index in [2.05, 4.69) is 15.2 Å². The van der Waals surface area contributed by atoms with Gasteiger partial charge < -0.3 is 14.1 Å². The summed E-state index contributed by atoms with van der Waals surface area (Å²) >= 11 is 18.6. The van der Waals surface area contributed by atoms with E-state index >= 15 is 4.39 Å². The van der Waals surface area contributed by atoms with Gasteiger partial charge in [0.2, 0.25) is 5.89 Å². The van der Waals surface area contributed by atoms with Gasteiger partial charge in [-0.15, -0.1) is 10.2 Å². The van der Waals surface area contributed by atoms with Gasteiger partial charge in [0.15, 0.2) is 11.6 Å². The number of nitrogens with one attached hydrogen (secondary N) is 1. The number of benzene rings is 3. The summed E-state index contributed by atoms with van der Waals surface area (Å²) in [6, 6.07) is 16.8. The normalized spacial score (nSPS) is 10.6. The van der Waals surface area contributed by atoms with Crippen LogP contribution in [0.3, 0.4) is 0 Å². The lowest BCUT2D eigenvalue weighted by atomic mass is 10.1. The minimum atomic E-state index is -0.700. The number of nitriles is 1. The van der Waals surface area contributed by atoms with Crippen LogP contribution < -0.4 is 4.74 Å². The molecule has 5 rings (SSSR count). The Morgan fingerprint density at radius 3 is 2.58 bits per heavy atom. The number of hydrogen-bond donors (Lipinski definition) is 1. The van der Waals surface area contributed by atoms with Crippen molar-refractivity contribution in [1.29, 1.82) is 5.26 Å². The number of fused-ring (bicyclic) bond motifs is 1. The van der Waals surface area contributed by atoms with Crippen LogP contribution in [0.1, 0.15) is 30.9 Å². The molecular weight excluding hydrogens is 526 g/mol. The molecule has 2 heterocycles.